The van der Waals surface area contributed by atoms with E-state index in [4.69, 9.17) is 4.74 Å². The van der Waals surface area contributed by atoms with Gasteiger partial charge in [-0.05, 0) is 55.9 Å². The molecule has 0 bridgehead atoms. The van der Waals surface area contributed by atoms with Gasteiger partial charge in [-0.2, -0.15) is 5.26 Å². The van der Waals surface area contributed by atoms with Crippen LogP contribution in [0.25, 0.3) is 0 Å². The third-order valence-corrected chi connectivity index (χ3v) is 5.85. The third kappa shape index (κ3) is 4.76. The molecule has 1 aromatic heterocycles. The van der Waals surface area contributed by atoms with Crippen LogP contribution in [0.3, 0.4) is 0 Å². The van der Waals surface area contributed by atoms with Gasteiger partial charge >= 0.3 is 0 Å². The number of carbonyl (C=O) groups excluding carboxylic acids is 1. The molecule has 0 atom stereocenters. The molecule has 0 radical (unpaired) electrons. The maximum Gasteiger partial charge on any atom is 0.225 e. The van der Waals surface area contributed by atoms with Crippen molar-refractivity contribution in [2.24, 2.45) is 0 Å². The number of thioether (sulfide) groups is 1. The molecule has 4 nitrogen and oxygen atoms in total. The number of aryl methyl sites for hydroxylation is 1. The minimum Gasteiger partial charge on any atom is -0.497 e. The molecule has 1 aromatic carbocycles. The van der Waals surface area contributed by atoms with Gasteiger partial charge in [0.15, 0.2) is 0 Å². The summed E-state index contributed by atoms with van der Waals surface area (Å²) < 4.78 is 5.13. The van der Waals surface area contributed by atoms with Crippen LogP contribution in [0, 0.1) is 25.2 Å². The van der Waals surface area contributed by atoms with Crippen LogP contribution in [0.1, 0.15) is 28.8 Å². The predicted molar refractivity (Wildman–Crippen MR) is 100 cm³/mol. The topological polar surface area (TPSA) is 62.1 Å². The highest BCUT2D eigenvalue weighted by atomic mass is 32.2. The summed E-state index contributed by atoms with van der Waals surface area (Å²) in [5.41, 5.74) is 1.53. The van der Waals surface area contributed by atoms with E-state index < -0.39 is 0 Å². The SMILES string of the molecule is COc1ccc(SCCCC(=O)Nc2sc(C)c(C)c2C#N)cc1. The van der Waals surface area contributed by atoms with E-state index in [1.165, 1.54) is 11.3 Å². The number of nitrogens with zero attached hydrogens (tertiary/aromatic N) is 1. The summed E-state index contributed by atoms with van der Waals surface area (Å²) in [4.78, 5) is 14.3. The summed E-state index contributed by atoms with van der Waals surface area (Å²) in [7, 11) is 1.65. The molecule has 1 amide bonds. The monoisotopic (exact) mass is 360 g/mol. The molecule has 1 heterocycles. The standard InChI is InChI=1S/C18H20N2O2S2/c1-12-13(2)24-18(16(12)11-19)20-17(21)5-4-10-23-15-8-6-14(22-3)7-9-15/h6-9H,4-5,10H2,1-3H3,(H,20,21). The number of carbonyl (C=O) groups is 1. The van der Waals surface area contributed by atoms with Crippen LogP contribution in [-0.2, 0) is 4.79 Å². The number of nitriles is 1. The van der Waals surface area contributed by atoms with Crippen LogP contribution in [0.5, 0.6) is 5.75 Å². The Morgan fingerprint density at radius 3 is 2.67 bits per heavy atom. The summed E-state index contributed by atoms with van der Waals surface area (Å²) in [6.45, 7) is 3.87. The Bertz CT molecular complexity index is 746. The van der Waals surface area contributed by atoms with Crippen molar-refractivity contribution < 1.29 is 9.53 Å². The van der Waals surface area contributed by atoms with Crippen molar-refractivity contribution in [1.82, 2.24) is 0 Å². The summed E-state index contributed by atoms with van der Waals surface area (Å²) in [5, 5.41) is 12.7. The van der Waals surface area contributed by atoms with Crippen molar-refractivity contribution in [2.75, 3.05) is 18.2 Å². The van der Waals surface area contributed by atoms with Crippen LogP contribution in [-0.4, -0.2) is 18.8 Å². The van der Waals surface area contributed by atoms with E-state index in [0.717, 1.165) is 33.3 Å². The third-order valence-electron chi connectivity index (χ3n) is 3.63. The number of methoxy groups -OCH3 is 1. The number of hydrogen-bond donors (Lipinski definition) is 1. The molecule has 1 N–H and O–H groups in total. The average molecular weight is 361 g/mol. The Morgan fingerprint density at radius 1 is 1.33 bits per heavy atom. The fourth-order valence-electron chi connectivity index (χ4n) is 2.13. The van der Waals surface area contributed by atoms with E-state index in [9.17, 15) is 10.1 Å². The Balaban J connectivity index is 1.77. The molecule has 0 saturated carbocycles. The minimum atomic E-state index is -0.0388. The lowest BCUT2D eigenvalue weighted by atomic mass is 10.2. The molecule has 0 unspecified atom stereocenters. The first-order valence-corrected chi connectivity index (χ1v) is 9.42. The summed E-state index contributed by atoms with van der Waals surface area (Å²) in [5.74, 6) is 1.67. The summed E-state index contributed by atoms with van der Waals surface area (Å²) in [6, 6.07) is 10.1. The number of hydrogen-bond acceptors (Lipinski definition) is 5. The molecule has 0 spiro atoms. The predicted octanol–water partition coefficient (Wildman–Crippen LogP) is 4.76. The van der Waals surface area contributed by atoms with E-state index in [-0.39, 0.29) is 5.91 Å². The zero-order valence-corrected chi connectivity index (χ0v) is 15.6. The maximum absolute atomic E-state index is 12.1. The van der Waals surface area contributed by atoms with Gasteiger partial charge in [0.2, 0.25) is 5.91 Å². The second kappa shape index (κ2) is 8.76. The van der Waals surface area contributed by atoms with Crippen LogP contribution >= 0.6 is 23.1 Å². The number of benzene rings is 1. The Hall–Kier alpha value is -1.97. The largest absolute Gasteiger partial charge is 0.497 e. The van der Waals surface area contributed by atoms with Gasteiger partial charge in [-0.25, -0.2) is 0 Å². The number of anilines is 1. The van der Waals surface area contributed by atoms with Crippen molar-refractivity contribution in [1.29, 1.82) is 5.26 Å². The van der Waals surface area contributed by atoms with E-state index in [1.54, 1.807) is 18.9 Å². The number of rotatable bonds is 7. The van der Waals surface area contributed by atoms with E-state index in [0.29, 0.717) is 17.0 Å². The van der Waals surface area contributed by atoms with Gasteiger partial charge in [-0.3, -0.25) is 4.79 Å². The fourth-order valence-corrected chi connectivity index (χ4v) is 4.01. The quantitative estimate of drug-likeness (QED) is 0.571. The van der Waals surface area contributed by atoms with Crippen LogP contribution < -0.4 is 10.1 Å². The number of amides is 1. The first-order chi connectivity index (χ1) is 11.5. The minimum absolute atomic E-state index is 0.0388. The van der Waals surface area contributed by atoms with Gasteiger partial charge in [0, 0.05) is 16.2 Å². The first kappa shape index (κ1) is 18.4. The number of ether oxygens (including phenoxy) is 1. The molecule has 0 saturated heterocycles. The second-order valence-corrected chi connectivity index (χ2v) is 7.67. The van der Waals surface area contributed by atoms with Gasteiger partial charge < -0.3 is 10.1 Å². The zero-order valence-electron chi connectivity index (χ0n) is 14.0. The smallest absolute Gasteiger partial charge is 0.225 e. The zero-order chi connectivity index (χ0) is 17.5. The lowest BCUT2D eigenvalue weighted by Crippen LogP contribution is -2.11. The van der Waals surface area contributed by atoms with Crippen molar-refractivity contribution >= 4 is 34.0 Å². The van der Waals surface area contributed by atoms with E-state index in [1.807, 2.05) is 38.1 Å². The Kier molecular flexibility index (Phi) is 6.71. The van der Waals surface area contributed by atoms with Gasteiger partial charge in [0.05, 0.1) is 12.7 Å². The number of nitrogens with one attached hydrogen (secondary N) is 1. The summed E-state index contributed by atoms with van der Waals surface area (Å²) >= 11 is 3.18. The van der Waals surface area contributed by atoms with E-state index in [2.05, 4.69) is 11.4 Å². The van der Waals surface area contributed by atoms with Crippen LogP contribution in [0.4, 0.5) is 5.00 Å². The highest BCUT2D eigenvalue weighted by Gasteiger charge is 2.14. The molecule has 0 aliphatic carbocycles. The van der Waals surface area contributed by atoms with Crippen LogP contribution in [0.2, 0.25) is 0 Å². The Morgan fingerprint density at radius 2 is 2.04 bits per heavy atom. The molecular formula is C18H20N2O2S2. The highest BCUT2D eigenvalue weighted by Crippen LogP contribution is 2.31. The van der Waals surface area contributed by atoms with E-state index >= 15 is 0 Å². The van der Waals surface area contributed by atoms with Crippen molar-refractivity contribution in [3.05, 3.63) is 40.3 Å². The molecule has 126 valence electrons. The Labute approximate surface area is 150 Å². The maximum atomic E-state index is 12.1. The van der Waals surface area contributed by atoms with Gasteiger partial charge in [-0.15, -0.1) is 23.1 Å². The van der Waals surface area contributed by atoms with Gasteiger partial charge in [0.25, 0.3) is 0 Å². The van der Waals surface area contributed by atoms with Crippen molar-refractivity contribution in [3.8, 4) is 11.8 Å². The van der Waals surface area contributed by atoms with Crippen LogP contribution in [0.15, 0.2) is 29.2 Å². The molecule has 6 heteroatoms. The van der Waals surface area contributed by atoms with Crippen molar-refractivity contribution in [2.45, 2.75) is 31.6 Å². The molecule has 0 aliphatic rings. The molecular weight excluding hydrogens is 340 g/mol. The average Bonchev–Trinajstić information content (AvgIpc) is 2.85. The number of thiophene rings is 1. The fraction of sp³-hybridized carbons (Fsp3) is 0.333. The first-order valence-electron chi connectivity index (χ1n) is 7.62. The normalized spacial score (nSPS) is 10.2. The van der Waals surface area contributed by atoms with Gasteiger partial charge in [0.1, 0.15) is 16.8 Å². The molecule has 2 rings (SSSR count). The molecule has 0 fully saturated rings. The lowest BCUT2D eigenvalue weighted by Gasteiger charge is -2.05. The lowest BCUT2D eigenvalue weighted by molar-refractivity contribution is -0.116. The van der Waals surface area contributed by atoms with Crippen molar-refractivity contribution in [3.63, 3.8) is 0 Å². The molecule has 0 aliphatic heterocycles. The molecule has 24 heavy (non-hydrogen) atoms. The second-order valence-electron chi connectivity index (χ2n) is 5.27. The van der Waals surface area contributed by atoms with Gasteiger partial charge in [-0.1, -0.05) is 0 Å². The summed E-state index contributed by atoms with van der Waals surface area (Å²) in [6.07, 6.45) is 1.23. The highest BCUT2D eigenvalue weighted by molar-refractivity contribution is 7.99. The molecule has 2 aromatic rings.